The largest absolute Gasteiger partial charge is 0.392 e. The summed E-state index contributed by atoms with van der Waals surface area (Å²) >= 11 is 0. The Bertz CT molecular complexity index is 5470. The van der Waals surface area contributed by atoms with Gasteiger partial charge in [-0.15, -0.1) is 0 Å². The van der Waals surface area contributed by atoms with E-state index in [0.717, 1.165) is 121 Å². The van der Waals surface area contributed by atoms with Crippen LogP contribution in [0.25, 0.3) is 65.4 Å². The van der Waals surface area contributed by atoms with Crippen LogP contribution in [-0.4, -0.2) is 192 Å². The number of hydrogen-bond acceptors (Lipinski definition) is 9. The van der Waals surface area contributed by atoms with Crippen LogP contribution in [0.3, 0.4) is 0 Å². The number of nitrogens with zero attached hydrogens (tertiary/aromatic N) is 12. The first kappa shape index (κ1) is 109. The van der Waals surface area contributed by atoms with E-state index in [1.54, 1.807) is 6.92 Å². The maximum Gasteiger partial charge on any atom is 0.161 e. The van der Waals surface area contributed by atoms with Crippen molar-refractivity contribution < 1.29 is 14.7 Å². The predicted molar refractivity (Wildman–Crippen MR) is 598 cm³/mol. The van der Waals surface area contributed by atoms with Gasteiger partial charge in [-0.2, -0.15) is 0 Å². The first-order valence-electron chi connectivity index (χ1n) is 57.0. The SMILES string of the molecule is CCCCC1CCN(CCCn2c(C)cc3ccccc32)CC1.CCCCC1CCN(CCCn2cc(C(C)=O)c3ccccc32)CC1.CCCCC1CCN(CCCn2cc(C)c3ccccc32)CC1.CCCCC1CCN(CCCn2cc(C=O)c3ccccc32)CC1.CCCCC1CCN(CCCn2cc(CO)c3ccccc32)CC1.CCCCC1CCN(CCn2ccc3ccccc32)CC1. The van der Waals surface area contributed by atoms with Crippen LogP contribution in [0.5, 0.6) is 0 Å². The van der Waals surface area contributed by atoms with Crippen molar-refractivity contribution in [1.82, 2.24) is 56.8 Å². The number of fused-ring (bicyclic) bond motifs is 6. The molecule has 764 valence electrons. The molecule has 0 unspecified atom stereocenters. The Balaban J connectivity index is 0.000000142. The molecule has 1 N–H and O–H groups in total. The van der Waals surface area contributed by atoms with Crippen LogP contribution in [0.15, 0.2) is 189 Å². The summed E-state index contributed by atoms with van der Waals surface area (Å²) in [6.45, 7) is 49.2. The van der Waals surface area contributed by atoms with E-state index in [1.807, 2.05) is 30.6 Å². The number of carbonyl (C=O) groups is 2. The smallest absolute Gasteiger partial charge is 0.161 e. The van der Waals surface area contributed by atoms with Gasteiger partial charge in [0, 0.05) is 154 Å². The van der Waals surface area contributed by atoms with Gasteiger partial charge in [-0.1, -0.05) is 266 Å². The first-order chi connectivity index (χ1) is 68.7. The second kappa shape index (κ2) is 59.8. The average Bonchev–Trinajstić information content (AvgIpc) is 1.69. The fourth-order valence-electron chi connectivity index (χ4n) is 24.0. The molecule has 15 heteroatoms. The Morgan fingerprint density at radius 3 is 1.02 bits per heavy atom. The minimum absolute atomic E-state index is 0.124. The summed E-state index contributed by atoms with van der Waals surface area (Å²) in [4.78, 5) is 39.0. The molecule has 0 spiro atoms. The molecule has 6 aliphatic rings. The standard InChI is InChI=1S/C22H32N2O.C21H32N2O.C21H30N2O.2C21H32N2.C19H28N2/c1-3-4-8-19-11-15-23(16-12-19)13-7-14-24-17-21(18(2)25)20-9-5-6-10-22(20)24;2*1-2-3-7-18-10-14-22(15-11-18)12-6-13-23-16-19(17-24)20-8-4-5-9-21(20)23;1-3-4-8-19-11-15-22(16-12-19)13-7-14-23-17-18(2)20-9-5-6-10-21(20)23;1-3-4-8-19-11-15-22(16-12-19)13-7-14-23-18(2)17-20-9-5-6-10-21(20)23;1-2-3-6-17-9-12-20(13-10-17)15-16-21-14-11-18-7-4-5-8-19(18)21/h5-6,9-10,17,19H,3-4,7-8,11-16H2,1-2H3;4-5,8-9,16,18,24H,2-3,6-7,10-15,17H2,1H3;4-5,8-9,16-18H,2-3,6-7,10-15H2,1H3;2*5-6,9-10,17,19H,3-4,7-8,11-16H2,1-2H3;4-5,7-8,11,14,17H,2-3,6,9-10,12-13,15-16H2,1H3. The molecule has 12 aromatic rings. The third-order valence-electron chi connectivity index (χ3n) is 32.9. The lowest BCUT2D eigenvalue weighted by atomic mass is 9.91. The second-order valence-electron chi connectivity index (χ2n) is 43.2. The van der Waals surface area contributed by atoms with Crippen molar-refractivity contribution in [1.29, 1.82) is 0 Å². The van der Waals surface area contributed by atoms with Gasteiger partial charge in [0.2, 0.25) is 0 Å². The predicted octanol–water partition coefficient (Wildman–Crippen LogP) is 29.3. The number of para-hydroxylation sites is 6. The lowest BCUT2D eigenvalue weighted by Crippen LogP contribution is -2.35. The molecule has 6 aromatic carbocycles. The summed E-state index contributed by atoms with van der Waals surface area (Å²) < 4.78 is 14.2. The molecular formula is C125H186N12O3. The van der Waals surface area contributed by atoms with E-state index in [4.69, 9.17) is 0 Å². The summed E-state index contributed by atoms with van der Waals surface area (Å²) in [5.74, 6) is 6.05. The normalized spacial score (nSPS) is 17.0. The highest BCUT2D eigenvalue weighted by Crippen LogP contribution is 2.33. The highest BCUT2D eigenvalue weighted by Gasteiger charge is 2.26. The Morgan fingerprint density at radius 1 is 0.307 bits per heavy atom. The maximum absolute atomic E-state index is 11.9. The minimum atomic E-state index is 0.124. The van der Waals surface area contributed by atoms with Crippen LogP contribution < -0.4 is 0 Å². The summed E-state index contributed by atoms with van der Waals surface area (Å²) in [7, 11) is 0. The average molecular weight is 1900 g/mol. The van der Waals surface area contributed by atoms with E-state index in [0.29, 0.717) is 0 Å². The first-order valence-corrected chi connectivity index (χ1v) is 57.0. The van der Waals surface area contributed by atoms with Crippen LogP contribution in [-0.2, 0) is 45.9 Å². The molecule has 0 amide bonds. The second-order valence-corrected chi connectivity index (χ2v) is 43.2. The molecular weight excluding hydrogens is 1720 g/mol. The van der Waals surface area contributed by atoms with Gasteiger partial charge in [-0.3, -0.25) is 9.59 Å². The third kappa shape index (κ3) is 33.3. The quantitative estimate of drug-likeness (QED) is 0.0295. The summed E-state index contributed by atoms with van der Waals surface area (Å²) in [5.41, 5.74) is 13.3. The van der Waals surface area contributed by atoms with E-state index < -0.39 is 0 Å². The topological polar surface area (TPSA) is 103 Å². The zero-order valence-electron chi connectivity index (χ0n) is 89.0. The Labute approximate surface area is 846 Å². The molecule has 15 nitrogen and oxygen atoms in total. The Hall–Kier alpha value is -8.38. The fraction of sp³-hybridized carbons (Fsp3) is 0.600. The van der Waals surface area contributed by atoms with Crippen LogP contribution >= 0.6 is 0 Å². The number of Topliss-reactive ketones (excluding diaryl/α,β-unsaturated/α-hetero) is 1. The van der Waals surface area contributed by atoms with Gasteiger partial charge in [0.1, 0.15) is 0 Å². The lowest BCUT2D eigenvalue weighted by Gasteiger charge is -2.32. The van der Waals surface area contributed by atoms with Crippen LogP contribution in [0.4, 0.5) is 0 Å². The molecule has 6 fully saturated rings. The molecule has 18 rings (SSSR count). The number of aromatic nitrogens is 6. The molecule has 6 saturated heterocycles. The number of aliphatic hydroxyl groups excluding tert-OH is 1. The number of aliphatic hydroxyl groups is 1. The van der Waals surface area contributed by atoms with Gasteiger partial charge in [0.25, 0.3) is 0 Å². The molecule has 0 bridgehead atoms. The van der Waals surface area contributed by atoms with Crippen molar-refractivity contribution >= 4 is 77.5 Å². The van der Waals surface area contributed by atoms with E-state index >= 15 is 0 Å². The number of hydrogen-bond donors (Lipinski definition) is 1. The van der Waals surface area contributed by atoms with Gasteiger partial charge in [-0.25, -0.2) is 0 Å². The number of ketones is 1. The molecule has 0 radical (unpaired) electrons. The lowest BCUT2D eigenvalue weighted by molar-refractivity contribution is 0.101. The van der Waals surface area contributed by atoms with Crippen LogP contribution in [0.1, 0.15) is 311 Å². The number of aryl methyl sites for hydroxylation is 7. The van der Waals surface area contributed by atoms with E-state index in [9.17, 15) is 14.7 Å². The zero-order valence-corrected chi connectivity index (χ0v) is 89.0. The number of piperidine rings is 6. The van der Waals surface area contributed by atoms with Crippen molar-refractivity contribution in [3.8, 4) is 0 Å². The summed E-state index contributed by atoms with van der Waals surface area (Å²) in [6, 6.07) is 55.6. The molecule has 6 aliphatic heterocycles. The zero-order chi connectivity index (χ0) is 97.8. The Kier molecular flexibility index (Phi) is 46.5. The van der Waals surface area contributed by atoms with Crippen molar-refractivity contribution in [2.45, 2.75) is 333 Å². The number of likely N-dealkylation sites (tertiary alicyclic amines) is 6. The van der Waals surface area contributed by atoms with Crippen molar-refractivity contribution in [3.05, 3.63) is 217 Å². The van der Waals surface area contributed by atoms with E-state index in [-0.39, 0.29) is 12.4 Å². The molecule has 12 heterocycles. The summed E-state index contributed by atoms with van der Waals surface area (Å²) in [6.07, 6.45) is 59.6. The number of carbonyl (C=O) groups excluding carboxylic acids is 2. The number of aldehydes is 1. The highest BCUT2D eigenvalue weighted by molar-refractivity contribution is 6.07. The van der Waals surface area contributed by atoms with E-state index in [2.05, 4.69) is 270 Å². The molecule has 140 heavy (non-hydrogen) atoms. The van der Waals surface area contributed by atoms with Crippen molar-refractivity contribution in [3.63, 3.8) is 0 Å². The van der Waals surface area contributed by atoms with Gasteiger partial charge in [0.05, 0.1) is 6.61 Å². The fourth-order valence-corrected chi connectivity index (χ4v) is 24.0. The number of unbranched alkanes of at least 4 members (excludes halogenated alkanes) is 6. The van der Waals surface area contributed by atoms with Gasteiger partial charge in [-0.05, 0) is 342 Å². The maximum atomic E-state index is 11.9. The number of benzene rings is 6. The molecule has 0 aliphatic carbocycles. The van der Waals surface area contributed by atoms with Crippen molar-refractivity contribution in [2.75, 3.05) is 118 Å². The minimum Gasteiger partial charge on any atom is -0.392 e. The molecule has 0 atom stereocenters. The van der Waals surface area contributed by atoms with E-state index in [1.165, 1.54) is 396 Å². The third-order valence-corrected chi connectivity index (χ3v) is 32.9. The molecule has 6 aromatic heterocycles. The summed E-state index contributed by atoms with van der Waals surface area (Å²) in [5, 5.41) is 17.0. The Morgan fingerprint density at radius 2 is 0.621 bits per heavy atom. The van der Waals surface area contributed by atoms with Gasteiger partial charge >= 0.3 is 0 Å². The number of rotatable bonds is 44. The molecule has 0 saturated carbocycles. The highest BCUT2D eigenvalue weighted by atomic mass is 16.3. The van der Waals surface area contributed by atoms with Crippen LogP contribution in [0.2, 0.25) is 0 Å². The monoisotopic (exact) mass is 1900 g/mol. The van der Waals surface area contributed by atoms with Crippen molar-refractivity contribution in [2.24, 2.45) is 35.5 Å². The van der Waals surface area contributed by atoms with Crippen LogP contribution in [0, 0.1) is 49.4 Å². The van der Waals surface area contributed by atoms with Gasteiger partial charge in [0.15, 0.2) is 12.1 Å². The van der Waals surface area contributed by atoms with Gasteiger partial charge < -0.3 is 61.9 Å².